The van der Waals surface area contributed by atoms with Gasteiger partial charge in [0.2, 0.25) is 0 Å². The molecule has 4 rings (SSSR count). The molecule has 1 N–H and O–H groups in total. The molecule has 0 aliphatic heterocycles. The van der Waals surface area contributed by atoms with Crippen LogP contribution in [0.5, 0.6) is 0 Å². The second-order valence-corrected chi connectivity index (χ2v) is 7.58. The van der Waals surface area contributed by atoms with Crippen LogP contribution in [-0.4, -0.2) is 11.1 Å². The van der Waals surface area contributed by atoms with Gasteiger partial charge in [-0.05, 0) is 54.3 Å². The molecule has 158 valence electrons. The molecule has 1 heterocycles. The van der Waals surface area contributed by atoms with Crippen LogP contribution >= 0.6 is 0 Å². The zero-order valence-corrected chi connectivity index (χ0v) is 17.8. The maximum absolute atomic E-state index is 12.7. The Kier molecular flexibility index (Phi) is 6.43. The van der Waals surface area contributed by atoms with E-state index in [2.05, 4.69) is 17.4 Å². The molecule has 0 aliphatic rings. The molecule has 4 aromatic rings. The first-order valence-electron chi connectivity index (χ1n) is 10.6. The molecular formula is C27H23N3O2. The zero-order valence-electron chi connectivity index (χ0n) is 17.8. The Morgan fingerprint density at radius 3 is 2.59 bits per heavy atom. The fourth-order valence-electron chi connectivity index (χ4n) is 3.50. The topological polar surface area (TPSA) is 78.9 Å². The normalized spacial score (nSPS) is 11.3. The number of nitrogens with one attached hydrogen (secondary N) is 1. The van der Waals surface area contributed by atoms with E-state index in [1.54, 1.807) is 6.08 Å². The smallest absolute Gasteiger partial charge is 0.266 e. The van der Waals surface area contributed by atoms with Crippen LogP contribution in [0, 0.1) is 11.3 Å². The Bertz CT molecular complexity index is 1300. The standard InChI is InChI=1S/C27H23N3O2/c1-2-3-7-19-10-13-23(14-11-19)29-27(31)22(18-28)16-20-12-15-25-24(17-20)26(32-30-25)21-8-5-4-6-9-21/h4-6,8-17H,2-3,7H2,1H3,(H,29,31)/b22-16+. The van der Waals surface area contributed by atoms with Crippen molar-refractivity contribution in [3.63, 3.8) is 0 Å². The number of fused-ring (bicyclic) bond motifs is 1. The minimum Gasteiger partial charge on any atom is -0.355 e. The van der Waals surface area contributed by atoms with Crippen LogP contribution in [-0.2, 0) is 11.2 Å². The summed E-state index contributed by atoms with van der Waals surface area (Å²) in [6.45, 7) is 2.16. The number of anilines is 1. The van der Waals surface area contributed by atoms with Gasteiger partial charge in [0.1, 0.15) is 17.2 Å². The number of aryl methyl sites for hydroxylation is 1. The van der Waals surface area contributed by atoms with Crippen LogP contribution in [0.15, 0.2) is 82.9 Å². The van der Waals surface area contributed by atoms with Crippen molar-refractivity contribution in [1.29, 1.82) is 5.26 Å². The van der Waals surface area contributed by atoms with E-state index >= 15 is 0 Å². The summed E-state index contributed by atoms with van der Waals surface area (Å²) in [5.41, 5.74) is 4.27. The van der Waals surface area contributed by atoms with Crippen molar-refractivity contribution >= 4 is 28.6 Å². The number of hydrogen-bond donors (Lipinski definition) is 1. The first-order valence-corrected chi connectivity index (χ1v) is 10.6. The average Bonchev–Trinajstić information content (AvgIpc) is 3.26. The minimum absolute atomic E-state index is 0.0251. The lowest BCUT2D eigenvalue weighted by molar-refractivity contribution is -0.112. The van der Waals surface area contributed by atoms with E-state index in [-0.39, 0.29) is 5.57 Å². The van der Waals surface area contributed by atoms with Gasteiger partial charge in [-0.15, -0.1) is 0 Å². The number of hydrogen-bond acceptors (Lipinski definition) is 4. The van der Waals surface area contributed by atoms with Crippen LogP contribution < -0.4 is 5.32 Å². The Balaban J connectivity index is 1.56. The molecule has 3 aromatic carbocycles. The highest BCUT2D eigenvalue weighted by Crippen LogP contribution is 2.29. The van der Waals surface area contributed by atoms with Crippen LogP contribution in [0.25, 0.3) is 28.3 Å². The summed E-state index contributed by atoms with van der Waals surface area (Å²) in [6, 6.07) is 25.0. The molecule has 5 heteroatoms. The third-order valence-corrected chi connectivity index (χ3v) is 5.24. The lowest BCUT2D eigenvalue weighted by atomic mass is 10.0. The van der Waals surface area contributed by atoms with E-state index in [9.17, 15) is 10.1 Å². The Hall–Kier alpha value is -4.17. The number of amides is 1. The molecule has 0 fully saturated rings. The highest BCUT2D eigenvalue weighted by Gasteiger charge is 2.13. The number of unbranched alkanes of at least 4 members (excludes halogenated alkanes) is 1. The predicted molar refractivity (Wildman–Crippen MR) is 127 cm³/mol. The molecule has 5 nitrogen and oxygen atoms in total. The summed E-state index contributed by atoms with van der Waals surface area (Å²) in [5, 5.41) is 17.3. The quantitative estimate of drug-likeness (QED) is 0.277. The number of carbonyl (C=O) groups excluding carboxylic acids is 1. The van der Waals surface area contributed by atoms with Gasteiger partial charge >= 0.3 is 0 Å². The van der Waals surface area contributed by atoms with Crippen molar-refractivity contribution in [3.8, 4) is 17.4 Å². The summed E-state index contributed by atoms with van der Waals surface area (Å²) in [5.74, 6) is 0.212. The molecule has 0 spiro atoms. The molecule has 1 aromatic heterocycles. The first-order chi connectivity index (χ1) is 15.7. The predicted octanol–water partition coefficient (Wildman–Crippen LogP) is 6.38. The van der Waals surface area contributed by atoms with Crippen molar-refractivity contribution in [2.75, 3.05) is 5.32 Å². The van der Waals surface area contributed by atoms with E-state index in [4.69, 9.17) is 4.52 Å². The molecule has 0 saturated carbocycles. The van der Waals surface area contributed by atoms with Gasteiger partial charge in [0.15, 0.2) is 5.76 Å². The molecule has 0 bridgehead atoms. The third-order valence-electron chi connectivity index (χ3n) is 5.24. The fraction of sp³-hybridized carbons (Fsp3) is 0.148. The largest absolute Gasteiger partial charge is 0.355 e. The fourth-order valence-corrected chi connectivity index (χ4v) is 3.50. The number of nitriles is 1. The maximum Gasteiger partial charge on any atom is 0.266 e. The third kappa shape index (κ3) is 4.76. The van der Waals surface area contributed by atoms with Crippen molar-refractivity contribution in [1.82, 2.24) is 5.16 Å². The first kappa shape index (κ1) is 21.1. The summed E-state index contributed by atoms with van der Waals surface area (Å²) in [7, 11) is 0. The van der Waals surface area contributed by atoms with E-state index < -0.39 is 5.91 Å². The molecule has 0 aliphatic carbocycles. The van der Waals surface area contributed by atoms with Gasteiger partial charge in [-0.2, -0.15) is 5.26 Å². The van der Waals surface area contributed by atoms with E-state index in [0.717, 1.165) is 35.8 Å². The minimum atomic E-state index is -0.442. The van der Waals surface area contributed by atoms with Crippen LogP contribution in [0.2, 0.25) is 0 Å². The summed E-state index contributed by atoms with van der Waals surface area (Å²) in [4.78, 5) is 12.7. The summed E-state index contributed by atoms with van der Waals surface area (Å²) in [6.07, 6.45) is 4.87. The second-order valence-electron chi connectivity index (χ2n) is 7.58. The van der Waals surface area contributed by atoms with E-state index in [0.29, 0.717) is 17.0 Å². The van der Waals surface area contributed by atoms with Gasteiger partial charge in [0.25, 0.3) is 5.91 Å². The van der Waals surface area contributed by atoms with Crippen molar-refractivity contribution < 1.29 is 9.32 Å². The van der Waals surface area contributed by atoms with Crippen LogP contribution in [0.3, 0.4) is 0 Å². The number of nitrogens with zero attached hydrogens (tertiary/aromatic N) is 2. The van der Waals surface area contributed by atoms with Crippen molar-refractivity contribution in [3.05, 3.63) is 89.5 Å². The number of aromatic nitrogens is 1. The summed E-state index contributed by atoms with van der Waals surface area (Å²) < 4.78 is 5.53. The second kappa shape index (κ2) is 9.76. The summed E-state index contributed by atoms with van der Waals surface area (Å²) >= 11 is 0. The lowest BCUT2D eigenvalue weighted by Crippen LogP contribution is -2.13. The Morgan fingerprint density at radius 1 is 1.09 bits per heavy atom. The average molecular weight is 422 g/mol. The molecule has 0 saturated heterocycles. The van der Waals surface area contributed by atoms with E-state index in [1.165, 1.54) is 5.56 Å². The highest BCUT2D eigenvalue weighted by molar-refractivity contribution is 6.10. The van der Waals surface area contributed by atoms with Crippen LogP contribution in [0.4, 0.5) is 5.69 Å². The zero-order chi connectivity index (χ0) is 22.3. The molecule has 0 atom stereocenters. The SMILES string of the molecule is CCCCc1ccc(NC(=O)/C(C#N)=C/c2ccc3noc(-c4ccccc4)c3c2)cc1. The molecule has 1 amide bonds. The molecular weight excluding hydrogens is 398 g/mol. The van der Waals surface area contributed by atoms with Gasteiger partial charge in [-0.25, -0.2) is 0 Å². The number of rotatable bonds is 7. The van der Waals surface area contributed by atoms with Gasteiger partial charge in [0.05, 0.1) is 5.39 Å². The molecule has 0 radical (unpaired) electrons. The number of benzene rings is 3. The van der Waals surface area contributed by atoms with Gasteiger partial charge < -0.3 is 9.84 Å². The molecule has 0 unspecified atom stereocenters. The van der Waals surface area contributed by atoms with Crippen molar-refractivity contribution in [2.24, 2.45) is 0 Å². The van der Waals surface area contributed by atoms with E-state index in [1.807, 2.05) is 78.9 Å². The van der Waals surface area contributed by atoms with Gasteiger partial charge in [-0.1, -0.05) is 67.0 Å². The van der Waals surface area contributed by atoms with Gasteiger partial charge in [-0.3, -0.25) is 4.79 Å². The molecule has 32 heavy (non-hydrogen) atoms. The highest BCUT2D eigenvalue weighted by atomic mass is 16.5. The lowest BCUT2D eigenvalue weighted by Gasteiger charge is -2.06. The monoisotopic (exact) mass is 421 g/mol. The van der Waals surface area contributed by atoms with Crippen LogP contribution in [0.1, 0.15) is 30.9 Å². The number of carbonyl (C=O) groups is 1. The van der Waals surface area contributed by atoms with Crippen molar-refractivity contribution in [2.45, 2.75) is 26.2 Å². The van der Waals surface area contributed by atoms with Gasteiger partial charge in [0, 0.05) is 11.3 Å². The maximum atomic E-state index is 12.7. The Labute approximate surface area is 187 Å². The Morgan fingerprint density at radius 2 is 1.88 bits per heavy atom.